The van der Waals surface area contributed by atoms with Crippen molar-refractivity contribution < 1.29 is 28.2 Å². The molecule has 40 heavy (non-hydrogen) atoms. The first kappa shape index (κ1) is 29.5. The van der Waals surface area contributed by atoms with Gasteiger partial charge >= 0.3 is 0 Å². The van der Waals surface area contributed by atoms with Gasteiger partial charge in [-0.3, -0.25) is 4.79 Å². The van der Waals surface area contributed by atoms with E-state index >= 15 is 0 Å². The van der Waals surface area contributed by atoms with Crippen LogP contribution < -0.4 is 20.1 Å². The highest BCUT2D eigenvalue weighted by molar-refractivity contribution is 5.95. The summed E-state index contributed by atoms with van der Waals surface area (Å²) in [6.07, 6.45) is 4.12. The van der Waals surface area contributed by atoms with E-state index in [2.05, 4.69) is 29.7 Å². The van der Waals surface area contributed by atoms with Crippen LogP contribution in [0.25, 0.3) is 0 Å². The summed E-state index contributed by atoms with van der Waals surface area (Å²) >= 11 is 0. The second-order valence-electron chi connectivity index (χ2n) is 10.3. The van der Waals surface area contributed by atoms with E-state index in [0.717, 1.165) is 43.7 Å². The Morgan fingerprint density at radius 3 is 2.40 bits per heavy atom. The van der Waals surface area contributed by atoms with Gasteiger partial charge in [0.25, 0.3) is 5.91 Å². The van der Waals surface area contributed by atoms with Crippen molar-refractivity contribution >= 4 is 5.91 Å². The van der Waals surface area contributed by atoms with Crippen LogP contribution in [-0.4, -0.2) is 42.9 Å². The number of carbonyl (C=O) groups is 1. The van der Waals surface area contributed by atoms with Crippen LogP contribution in [0.5, 0.6) is 11.5 Å². The summed E-state index contributed by atoms with van der Waals surface area (Å²) in [6.45, 7) is 2.78. The van der Waals surface area contributed by atoms with E-state index in [9.17, 15) is 18.7 Å². The monoisotopic (exact) mass is 552 g/mol. The molecule has 6 nitrogen and oxygen atoms in total. The normalized spacial score (nSPS) is 15.0. The first-order valence-electron chi connectivity index (χ1n) is 13.9. The molecular formula is C32H38F2N2O4. The number of carbonyl (C=O) groups excluding carboxylic acids is 1. The molecule has 214 valence electrons. The highest BCUT2D eigenvalue weighted by Gasteiger charge is 2.25. The standard InChI is InChI=1S/C32H38F2N2O4/c1-3-21-7-6-8-22(13-21)19-35-20-29(37)28(16-23-14-25(33)18-26(34)15-23)36-32(38)24-11-12-30(39-2)31(17-24)40-27-9-4-5-10-27/h6-8,11-15,17-18,27-29,35,37H,3-5,9-10,16,19-20H2,1-2H3,(H,36,38)/t28-,29-/m0/s1. The molecule has 1 fully saturated rings. The van der Waals surface area contributed by atoms with E-state index in [1.54, 1.807) is 25.3 Å². The SMILES string of the molecule is CCc1cccc(CNC[C@H](O)[C@H](Cc2cc(F)cc(F)c2)NC(=O)c2ccc(OC)c(OC3CCCC3)c2)c1. The number of aliphatic hydroxyl groups is 1. The number of aliphatic hydroxyl groups excluding tert-OH is 1. The van der Waals surface area contributed by atoms with Crippen LogP contribution in [0.4, 0.5) is 8.78 Å². The lowest BCUT2D eigenvalue weighted by Crippen LogP contribution is -2.48. The quantitative estimate of drug-likeness (QED) is 0.267. The van der Waals surface area contributed by atoms with E-state index < -0.39 is 29.7 Å². The zero-order valence-electron chi connectivity index (χ0n) is 23.1. The van der Waals surface area contributed by atoms with E-state index in [4.69, 9.17) is 9.47 Å². The second kappa shape index (κ2) is 14.2. The van der Waals surface area contributed by atoms with Gasteiger partial charge in [0.2, 0.25) is 0 Å². The molecule has 0 radical (unpaired) electrons. The lowest BCUT2D eigenvalue weighted by atomic mass is 10.00. The molecule has 2 atom stereocenters. The maximum absolute atomic E-state index is 13.9. The van der Waals surface area contributed by atoms with Crippen LogP contribution in [0, 0.1) is 11.6 Å². The van der Waals surface area contributed by atoms with Gasteiger partial charge in [0.05, 0.1) is 25.4 Å². The van der Waals surface area contributed by atoms with Gasteiger partial charge in [0.1, 0.15) is 11.6 Å². The van der Waals surface area contributed by atoms with E-state index in [1.165, 1.54) is 17.7 Å². The summed E-state index contributed by atoms with van der Waals surface area (Å²) < 4.78 is 39.4. The molecule has 0 saturated heterocycles. The molecule has 3 N–H and O–H groups in total. The molecule has 0 spiro atoms. The Kier molecular flexibility index (Phi) is 10.5. The van der Waals surface area contributed by atoms with Gasteiger partial charge in [0, 0.05) is 24.7 Å². The predicted octanol–water partition coefficient (Wildman–Crippen LogP) is 5.35. The third-order valence-electron chi connectivity index (χ3n) is 7.26. The van der Waals surface area contributed by atoms with Gasteiger partial charge < -0.3 is 25.2 Å². The smallest absolute Gasteiger partial charge is 0.251 e. The van der Waals surface area contributed by atoms with Gasteiger partial charge in [-0.1, -0.05) is 31.2 Å². The van der Waals surface area contributed by atoms with Crippen LogP contribution in [0.15, 0.2) is 60.7 Å². The molecule has 0 bridgehead atoms. The number of rotatable bonds is 13. The molecular weight excluding hydrogens is 514 g/mol. The van der Waals surface area contributed by atoms with Gasteiger partial charge in [0.15, 0.2) is 11.5 Å². The Labute approximate surface area is 234 Å². The number of halogens is 2. The largest absolute Gasteiger partial charge is 0.493 e. The molecule has 0 unspecified atom stereocenters. The Morgan fingerprint density at radius 2 is 1.70 bits per heavy atom. The zero-order valence-corrected chi connectivity index (χ0v) is 23.1. The summed E-state index contributed by atoms with van der Waals surface area (Å²) in [4.78, 5) is 13.4. The van der Waals surface area contributed by atoms with Crippen molar-refractivity contribution in [2.24, 2.45) is 0 Å². The molecule has 0 heterocycles. The number of aryl methyl sites for hydroxylation is 1. The number of ether oxygens (including phenoxy) is 2. The lowest BCUT2D eigenvalue weighted by Gasteiger charge is -2.25. The number of hydrogen-bond acceptors (Lipinski definition) is 5. The summed E-state index contributed by atoms with van der Waals surface area (Å²) in [7, 11) is 1.55. The average Bonchev–Trinajstić information content (AvgIpc) is 3.45. The Bertz CT molecular complexity index is 1260. The number of amides is 1. The van der Waals surface area contributed by atoms with Gasteiger partial charge in [-0.15, -0.1) is 0 Å². The fourth-order valence-corrected chi connectivity index (χ4v) is 5.08. The van der Waals surface area contributed by atoms with Crippen molar-refractivity contribution in [3.8, 4) is 11.5 Å². The molecule has 1 aliphatic carbocycles. The van der Waals surface area contributed by atoms with Gasteiger partial charge in [-0.2, -0.15) is 0 Å². The van der Waals surface area contributed by atoms with E-state index in [1.807, 2.05) is 12.1 Å². The maximum Gasteiger partial charge on any atom is 0.251 e. The maximum atomic E-state index is 13.9. The topological polar surface area (TPSA) is 79.8 Å². The minimum Gasteiger partial charge on any atom is -0.493 e. The summed E-state index contributed by atoms with van der Waals surface area (Å²) in [5.74, 6) is -0.843. The number of methoxy groups -OCH3 is 1. The third-order valence-corrected chi connectivity index (χ3v) is 7.26. The minimum absolute atomic E-state index is 0.0379. The third kappa shape index (κ3) is 8.26. The molecule has 0 aromatic heterocycles. The summed E-state index contributed by atoms with van der Waals surface area (Å²) in [5, 5.41) is 17.2. The lowest BCUT2D eigenvalue weighted by molar-refractivity contribution is 0.0829. The molecule has 4 rings (SSSR count). The van der Waals surface area contributed by atoms with Crippen LogP contribution in [0.3, 0.4) is 0 Å². The Morgan fingerprint density at radius 1 is 0.975 bits per heavy atom. The molecule has 8 heteroatoms. The van der Waals surface area contributed by atoms with Crippen molar-refractivity contribution in [2.75, 3.05) is 13.7 Å². The predicted molar refractivity (Wildman–Crippen MR) is 151 cm³/mol. The average molecular weight is 553 g/mol. The van der Waals surface area contributed by atoms with Crippen LogP contribution in [0.1, 0.15) is 59.7 Å². The summed E-state index contributed by atoms with van der Waals surface area (Å²) in [5.41, 5.74) is 2.96. The fourth-order valence-electron chi connectivity index (χ4n) is 5.08. The van der Waals surface area contributed by atoms with E-state index in [0.29, 0.717) is 29.2 Å². The van der Waals surface area contributed by atoms with Crippen LogP contribution in [-0.2, 0) is 19.4 Å². The molecule has 0 aliphatic heterocycles. The number of benzene rings is 3. The molecule has 1 aliphatic rings. The summed E-state index contributed by atoms with van der Waals surface area (Å²) in [6, 6.07) is 15.5. The zero-order chi connectivity index (χ0) is 28.5. The van der Waals surface area contributed by atoms with Crippen molar-refractivity contribution in [2.45, 2.75) is 70.2 Å². The first-order valence-corrected chi connectivity index (χ1v) is 13.9. The second-order valence-corrected chi connectivity index (χ2v) is 10.3. The minimum atomic E-state index is -1.03. The molecule has 3 aromatic rings. The van der Waals surface area contributed by atoms with Crippen molar-refractivity contribution in [3.63, 3.8) is 0 Å². The van der Waals surface area contributed by atoms with Gasteiger partial charge in [-0.05, 0) is 85.5 Å². The first-order chi connectivity index (χ1) is 19.3. The fraction of sp³-hybridized carbons (Fsp3) is 0.406. The number of hydrogen-bond donors (Lipinski definition) is 3. The Hall–Kier alpha value is -3.49. The van der Waals surface area contributed by atoms with Crippen LogP contribution >= 0.6 is 0 Å². The van der Waals surface area contributed by atoms with Crippen molar-refractivity contribution in [3.05, 3.63) is 94.6 Å². The van der Waals surface area contributed by atoms with Crippen LogP contribution in [0.2, 0.25) is 0 Å². The molecule has 1 saturated carbocycles. The highest BCUT2D eigenvalue weighted by atomic mass is 19.1. The Balaban J connectivity index is 1.48. The number of nitrogens with one attached hydrogen (secondary N) is 2. The van der Waals surface area contributed by atoms with Gasteiger partial charge in [-0.25, -0.2) is 8.78 Å². The van der Waals surface area contributed by atoms with Crippen molar-refractivity contribution in [1.29, 1.82) is 0 Å². The molecule has 3 aromatic carbocycles. The highest BCUT2D eigenvalue weighted by Crippen LogP contribution is 2.32. The van der Waals surface area contributed by atoms with E-state index in [-0.39, 0.29) is 19.1 Å². The molecule has 1 amide bonds. The van der Waals surface area contributed by atoms with Crippen molar-refractivity contribution in [1.82, 2.24) is 10.6 Å².